The number of rotatable bonds is 7. The van der Waals surface area contributed by atoms with Crippen LogP contribution >= 0.6 is 0 Å². The van der Waals surface area contributed by atoms with Gasteiger partial charge in [0.05, 0.1) is 24.6 Å². The van der Waals surface area contributed by atoms with E-state index in [1.807, 2.05) is 12.1 Å². The van der Waals surface area contributed by atoms with E-state index in [2.05, 4.69) is 11.8 Å². The lowest BCUT2D eigenvalue weighted by atomic mass is 10.1. The number of nitrogens with zero attached hydrogens (tertiary/aromatic N) is 1. The first-order chi connectivity index (χ1) is 10.2. The number of nitrogens with two attached hydrogens (primary N) is 1. The molecule has 118 valence electrons. The Morgan fingerprint density at radius 1 is 1.19 bits per heavy atom. The molecule has 0 fully saturated rings. The van der Waals surface area contributed by atoms with Gasteiger partial charge < -0.3 is 29.6 Å². The van der Waals surface area contributed by atoms with Crippen LogP contribution in [0.1, 0.15) is 6.92 Å². The smallest absolute Gasteiger partial charge is 0.163 e. The fourth-order valence-corrected chi connectivity index (χ4v) is 2.44. The molecular weight excluding hydrogens is 272 g/mol. The number of methoxy groups -OCH3 is 2. The maximum absolute atomic E-state index is 6.19. The molecule has 1 aromatic rings. The van der Waals surface area contributed by atoms with Crippen LogP contribution in [0.25, 0.3) is 0 Å². The summed E-state index contributed by atoms with van der Waals surface area (Å²) in [6.45, 7) is 5.15. The Hall–Kier alpha value is -1.66. The van der Waals surface area contributed by atoms with Crippen LogP contribution in [0.3, 0.4) is 0 Å². The Bertz CT molecular complexity index is 467. The molecule has 21 heavy (non-hydrogen) atoms. The number of benzene rings is 1. The van der Waals surface area contributed by atoms with E-state index in [1.54, 1.807) is 14.2 Å². The topological polar surface area (TPSA) is 66.2 Å². The van der Waals surface area contributed by atoms with Crippen molar-refractivity contribution in [3.63, 3.8) is 0 Å². The number of hydrogen-bond donors (Lipinski definition) is 1. The standard InChI is InChI=1S/C15H24N2O4/c1-11(10-19-3)17(4-5-18-2)13-9-15-14(8-12(13)16)20-6-7-21-15/h8-9,11H,4-7,10,16H2,1-3H3. The average Bonchev–Trinajstić information content (AvgIpc) is 2.48. The van der Waals surface area contributed by atoms with Gasteiger partial charge in [-0.25, -0.2) is 0 Å². The summed E-state index contributed by atoms with van der Waals surface area (Å²) in [6.07, 6.45) is 0. The minimum Gasteiger partial charge on any atom is -0.486 e. The molecule has 0 aromatic heterocycles. The molecule has 1 heterocycles. The molecule has 0 saturated carbocycles. The molecule has 6 heteroatoms. The summed E-state index contributed by atoms with van der Waals surface area (Å²) in [4.78, 5) is 2.17. The summed E-state index contributed by atoms with van der Waals surface area (Å²) in [5.74, 6) is 1.44. The fourth-order valence-electron chi connectivity index (χ4n) is 2.44. The minimum absolute atomic E-state index is 0.176. The van der Waals surface area contributed by atoms with Crippen molar-refractivity contribution in [2.24, 2.45) is 0 Å². The predicted octanol–water partition coefficient (Wildman–Crippen LogP) is 1.53. The maximum atomic E-state index is 6.19. The average molecular weight is 296 g/mol. The third kappa shape index (κ3) is 3.71. The fraction of sp³-hybridized carbons (Fsp3) is 0.600. The second-order valence-corrected chi connectivity index (χ2v) is 5.05. The van der Waals surface area contributed by atoms with Crippen LogP contribution in [-0.2, 0) is 9.47 Å². The van der Waals surface area contributed by atoms with Gasteiger partial charge in [-0.05, 0) is 6.92 Å². The lowest BCUT2D eigenvalue weighted by Gasteiger charge is -2.32. The Balaban J connectivity index is 2.29. The van der Waals surface area contributed by atoms with E-state index in [0.29, 0.717) is 37.9 Å². The number of hydrogen-bond acceptors (Lipinski definition) is 6. The van der Waals surface area contributed by atoms with Crippen molar-refractivity contribution >= 4 is 11.4 Å². The van der Waals surface area contributed by atoms with E-state index >= 15 is 0 Å². The molecule has 1 atom stereocenters. The Morgan fingerprint density at radius 3 is 2.48 bits per heavy atom. The van der Waals surface area contributed by atoms with Gasteiger partial charge in [-0.1, -0.05) is 0 Å². The van der Waals surface area contributed by atoms with Gasteiger partial charge >= 0.3 is 0 Å². The van der Waals surface area contributed by atoms with Crippen molar-refractivity contribution in [1.29, 1.82) is 0 Å². The van der Waals surface area contributed by atoms with Gasteiger partial charge in [-0.3, -0.25) is 0 Å². The Morgan fingerprint density at radius 2 is 1.86 bits per heavy atom. The first-order valence-corrected chi connectivity index (χ1v) is 7.11. The molecule has 1 aromatic carbocycles. The van der Waals surface area contributed by atoms with Crippen molar-refractivity contribution in [1.82, 2.24) is 0 Å². The normalized spacial score (nSPS) is 14.8. The van der Waals surface area contributed by atoms with Crippen molar-refractivity contribution in [2.45, 2.75) is 13.0 Å². The van der Waals surface area contributed by atoms with E-state index in [-0.39, 0.29) is 6.04 Å². The van der Waals surface area contributed by atoms with Gasteiger partial charge in [0, 0.05) is 38.9 Å². The van der Waals surface area contributed by atoms with Crippen LogP contribution in [0.4, 0.5) is 11.4 Å². The van der Waals surface area contributed by atoms with Crippen LogP contribution in [0, 0.1) is 0 Å². The van der Waals surface area contributed by atoms with E-state index in [1.165, 1.54) is 0 Å². The quantitative estimate of drug-likeness (QED) is 0.770. The molecular formula is C15H24N2O4. The monoisotopic (exact) mass is 296 g/mol. The molecule has 2 rings (SSSR count). The number of nitrogen functional groups attached to an aromatic ring is 1. The van der Waals surface area contributed by atoms with Gasteiger partial charge in [-0.2, -0.15) is 0 Å². The minimum atomic E-state index is 0.176. The molecule has 6 nitrogen and oxygen atoms in total. The zero-order chi connectivity index (χ0) is 15.2. The third-order valence-corrected chi connectivity index (χ3v) is 3.48. The molecule has 0 saturated heterocycles. The van der Waals surface area contributed by atoms with Gasteiger partial charge in [0.2, 0.25) is 0 Å². The Labute approximate surface area is 125 Å². The molecule has 1 aliphatic rings. The second kappa shape index (κ2) is 7.38. The molecule has 0 radical (unpaired) electrons. The summed E-state index contributed by atoms with van der Waals surface area (Å²) in [6, 6.07) is 3.93. The van der Waals surface area contributed by atoms with Gasteiger partial charge in [0.15, 0.2) is 11.5 Å². The largest absolute Gasteiger partial charge is 0.486 e. The van der Waals surface area contributed by atoms with E-state index < -0.39 is 0 Å². The summed E-state index contributed by atoms with van der Waals surface area (Å²) >= 11 is 0. The molecule has 1 aliphatic heterocycles. The van der Waals surface area contributed by atoms with Crippen LogP contribution in [0.5, 0.6) is 11.5 Å². The number of ether oxygens (including phenoxy) is 4. The van der Waals surface area contributed by atoms with Gasteiger partial charge in [-0.15, -0.1) is 0 Å². The number of anilines is 2. The van der Waals surface area contributed by atoms with Crippen LogP contribution in [0.2, 0.25) is 0 Å². The molecule has 0 bridgehead atoms. The predicted molar refractivity (Wildman–Crippen MR) is 82.4 cm³/mol. The molecule has 0 aliphatic carbocycles. The highest BCUT2D eigenvalue weighted by molar-refractivity contribution is 5.73. The first-order valence-electron chi connectivity index (χ1n) is 7.11. The van der Waals surface area contributed by atoms with Crippen molar-refractivity contribution in [3.8, 4) is 11.5 Å². The number of fused-ring (bicyclic) bond motifs is 1. The van der Waals surface area contributed by atoms with Crippen LogP contribution < -0.4 is 20.1 Å². The summed E-state index contributed by atoms with van der Waals surface area (Å²) in [7, 11) is 3.38. The van der Waals surface area contributed by atoms with E-state index in [4.69, 9.17) is 24.7 Å². The molecule has 1 unspecified atom stereocenters. The van der Waals surface area contributed by atoms with E-state index in [9.17, 15) is 0 Å². The molecule has 2 N–H and O–H groups in total. The zero-order valence-electron chi connectivity index (χ0n) is 12.9. The van der Waals surface area contributed by atoms with Crippen LogP contribution in [-0.4, -0.2) is 53.2 Å². The zero-order valence-corrected chi connectivity index (χ0v) is 12.9. The highest BCUT2D eigenvalue weighted by Gasteiger charge is 2.21. The molecule has 0 amide bonds. The summed E-state index contributed by atoms with van der Waals surface area (Å²) in [5, 5.41) is 0. The van der Waals surface area contributed by atoms with Crippen molar-refractivity contribution in [2.75, 3.05) is 57.8 Å². The highest BCUT2D eigenvalue weighted by Crippen LogP contribution is 2.39. The van der Waals surface area contributed by atoms with Crippen LogP contribution in [0.15, 0.2) is 12.1 Å². The Kier molecular flexibility index (Phi) is 5.52. The van der Waals surface area contributed by atoms with Crippen molar-refractivity contribution in [3.05, 3.63) is 12.1 Å². The maximum Gasteiger partial charge on any atom is 0.163 e. The SMILES string of the molecule is COCCN(c1cc2c(cc1N)OCCO2)C(C)COC. The van der Waals surface area contributed by atoms with Crippen molar-refractivity contribution < 1.29 is 18.9 Å². The lowest BCUT2D eigenvalue weighted by Crippen LogP contribution is -2.39. The summed E-state index contributed by atoms with van der Waals surface area (Å²) in [5.41, 5.74) is 7.77. The molecule has 0 spiro atoms. The summed E-state index contributed by atoms with van der Waals surface area (Å²) < 4.78 is 21.7. The van der Waals surface area contributed by atoms with Gasteiger partial charge in [0.1, 0.15) is 13.2 Å². The third-order valence-electron chi connectivity index (χ3n) is 3.48. The highest BCUT2D eigenvalue weighted by atomic mass is 16.6. The second-order valence-electron chi connectivity index (χ2n) is 5.05. The lowest BCUT2D eigenvalue weighted by molar-refractivity contribution is 0.168. The van der Waals surface area contributed by atoms with E-state index in [0.717, 1.165) is 18.0 Å². The van der Waals surface area contributed by atoms with Gasteiger partial charge in [0.25, 0.3) is 0 Å². The first kappa shape index (κ1) is 15.7.